The molecule has 1 aliphatic heterocycles. The second-order valence-electron chi connectivity index (χ2n) is 3.69. The van der Waals surface area contributed by atoms with Crippen LogP contribution < -0.4 is 10.6 Å². The van der Waals surface area contributed by atoms with Gasteiger partial charge < -0.3 is 5.73 Å². The minimum Gasteiger partial charge on any atom is -0.326 e. The minimum absolute atomic E-state index is 0.108. The Labute approximate surface area is 93.4 Å². The molecular formula is C11H13N3O2. The number of nitrogens with two attached hydrogens (primary N) is 1. The molecule has 3 amide bonds. The number of hydrogen-bond donors (Lipinski definition) is 1. The van der Waals surface area contributed by atoms with Crippen molar-refractivity contribution in [3.8, 4) is 0 Å². The molecule has 0 radical (unpaired) electrons. The third-order valence-corrected chi connectivity index (χ3v) is 2.67. The highest BCUT2D eigenvalue weighted by Gasteiger charge is 2.33. The van der Waals surface area contributed by atoms with Crippen molar-refractivity contribution in [2.45, 2.75) is 6.54 Å². The SMILES string of the molecule is CN1C(=O)CN(c2ccc(CN)cc2)C1=O. The Kier molecular flexibility index (Phi) is 2.62. The van der Waals surface area contributed by atoms with Gasteiger partial charge in [-0.25, -0.2) is 4.79 Å². The average molecular weight is 219 g/mol. The van der Waals surface area contributed by atoms with E-state index in [1.165, 1.54) is 11.9 Å². The molecule has 0 unspecified atom stereocenters. The summed E-state index contributed by atoms with van der Waals surface area (Å²) in [5.74, 6) is -0.187. The van der Waals surface area contributed by atoms with E-state index in [4.69, 9.17) is 5.73 Å². The Morgan fingerprint density at radius 2 is 1.88 bits per heavy atom. The van der Waals surface area contributed by atoms with Crippen LogP contribution in [0.1, 0.15) is 5.56 Å². The van der Waals surface area contributed by atoms with Crippen LogP contribution in [0.4, 0.5) is 10.5 Å². The number of likely N-dealkylation sites (N-methyl/N-ethyl adjacent to an activating group) is 1. The number of carbonyl (C=O) groups excluding carboxylic acids is 2. The number of benzene rings is 1. The van der Waals surface area contributed by atoms with Gasteiger partial charge in [0.05, 0.1) is 0 Å². The van der Waals surface area contributed by atoms with Crippen LogP contribution in [0.15, 0.2) is 24.3 Å². The number of carbonyl (C=O) groups is 2. The summed E-state index contributed by atoms with van der Waals surface area (Å²) in [7, 11) is 1.49. The van der Waals surface area contributed by atoms with Gasteiger partial charge in [0.1, 0.15) is 6.54 Å². The number of hydrogen-bond acceptors (Lipinski definition) is 3. The van der Waals surface area contributed by atoms with Crippen molar-refractivity contribution in [3.63, 3.8) is 0 Å². The van der Waals surface area contributed by atoms with Gasteiger partial charge in [-0.2, -0.15) is 0 Å². The number of anilines is 1. The zero-order valence-corrected chi connectivity index (χ0v) is 9.01. The number of rotatable bonds is 2. The maximum atomic E-state index is 11.7. The summed E-state index contributed by atoms with van der Waals surface area (Å²) < 4.78 is 0. The van der Waals surface area contributed by atoms with Crippen molar-refractivity contribution in [1.82, 2.24) is 4.90 Å². The molecule has 2 rings (SSSR count). The van der Waals surface area contributed by atoms with Crippen molar-refractivity contribution in [1.29, 1.82) is 0 Å². The van der Waals surface area contributed by atoms with Gasteiger partial charge in [0.25, 0.3) is 0 Å². The van der Waals surface area contributed by atoms with Crippen molar-refractivity contribution >= 4 is 17.6 Å². The molecule has 1 fully saturated rings. The summed E-state index contributed by atoms with van der Waals surface area (Å²) in [5.41, 5.74) is 7.20. The summed E-state index contributed by atoms with van der Waals surface area (Å²) in [5, 5.41) is 0. The molecule has 1 aromatic carbocycles. The molecule has 0 saturated carbocycles. The van der Waals surface area contributed by atoms with Gasteiger partial charge in [-0.3, -0.25) is 14.6 Å². The average Bonchev–Trinajstić information content (AvgIpc) is 2.57. The predicted molar refractivity (Wildman–Crippen MR) is 59.8 cm³/mol. The van der Waals surface area contributed by atoms with E-state index in [1.807, 2.05) is 12.1 Å². The van der Waals surface area contributed by atoms with Gasteiger partial charge in [0.2, 0.25) is 5.91 Å². The van der Waals surface area contributed by atoms with Gasteiger partial charge in [0.15, 0.2) is 0 Å². The lowest BCUT2D eigenvalue weighted by atomic mass is 10.2. The molecule has 84 valence electrons. The van der Waals surface area contributed by atoms with Crippen LogP contribution in [0, 0.1) is 0 Å². The third-order valence-electron chi connectivity index (χ3n) is 2.67. The Morgan fingerprint density at radius 3 is 2.31 bits per heavy atom. The summed E-state index contributed by atoms with van der Waals surface area (Å²) in [6, 6.07) is 7.01. The lowest BCUT2D eigenvalue weighted by molar-refractivity contribution is -0.123. The third kappa shape index (κ3) is 1.65. The van der Waals surface area contributed by atoms with Crippen LogP contribution in [-0.2, 0) is 11.3 Å². The molecular weight excluding hydrogens is 206 g/mol. The minimum atomic E-state index is -0.287. The van der Waals surface area contributed by atoms with Crippen LogP contribution in [0.2, 0.25) is 0 Å². The standard InChI is InChI=1S/C11H13N3O2/c1-13-10(15)7-14(11(13)16)9-4-2-8(6-12)3-5-9/h2-5H,6-7,12H2,1H3. The molecule has 1 saturated heterocycles. The van der Waals surface area contributed by atoms with Crippen LogP contribution in [-0.4, -0.2) is 30.4 Å². The van der Waals surface area contributed by atoms with Gasteiger partial charge in [-0.05, 0) is 17.7 Å². The van der Waals surface area contributed by atoms with Gasteiger partial charge in [-0.1, -0.05) is 12.1 Å². The zero-order chi connectivity index (χ0) is 11.7. The zero-order valence-electron chi connectivity index (χ0n) is 9.01. The van der Waals surface area contributed by atoms with E-state index in [2.05, 4.69) is 0 Å². The highest BCUT2D eigenvalue weighted by molar-refractivity contribution is 6.11. The molecule has 5 heteroatoms. The molecule has 0 spiro atoms. The Bertz CT molecular complexity index is 427. The van der Waals surface area contributed by atoms with E-state index in [0.29, 0.717) is 6.54 Å². The molecule has 0 aliphatic carbocycles. The van der Waals surface area contributed by atoms with Gasteiger partial charge >= 0.3 is 6.03 Å². The molecule has 5 nitrogen and oxygen atoms in total. The Morgan fingerprint density at radius 1 is 1.25 bits per heavy atom. The van der Waals surface area contributed by atoms with E-state index in [-0.39, 0.29) is 18.5 Å². The summed E-state index contributed by atoms with van der Waals surface area (Å²) in [4.78, 5) is 25.6. The Balaban J connectivity index is 2.25. The second kappa shape index (κ2) is 3.94. The summed E-state index contributed by atoms with van der Waals surface area (Å²) in [6.45, 7) is 0.574. The Hall–Kier alpha value is -1.88. The first kappa shape index (κ1) is 10.6. The second-order valence-corrected chi connectivity index (χ2v) is 3.69. The lowest BCUT2D eigenvalue weighted by Gasteiger charge is -2.14. The molecule has 0 aromatic heterocycles. The predicted octanol–water partition coefficient (Wildman–Crippen LogP) is 0.544. The smallest absolute Gasteiger partial charge is 0.326 e. The van der Waals surface area contributed by atoms with Crippen LogP contribution in [0.5, 0.6) is 0 Å². The molecule has 2 N–H and O–H groups in total. The first-order chi connectivity index (χ1) is 7.63. The molecule has 0 atom stereocenters. The fourth-order valence-electron chi connectivity index (χ4n) is 1.61. The van der Waals surface area contributed by atoms with E-state index < -0.39 is 0 Å². The fourth-order valence-corrected chi connectivity index (χ4v) is 1.61. The van der Waals surface area contributed by atoms with E-state index in [9.17, 15) is 9.59 Å². The maximum Gasteiger partial charge on any atom is 0.331 e. The lowest BCUT2D eigenvalue weighted by Crippen LogP contribution is -2.29. The van der Waals surface area contributed by atoms with Crippen molar-refractivity contribution in [2.75, 3.05) is 18.5 Å². The van der Waals surface area contributed by atoms with Crippen LogP contribution in [0.3, 0.4) is 0 Å². The first-order valence-corrected chi connectivity index (χ1v) is 5.00. The van der Waals surface area contributed by atoms with Crippen molar-refractivity contribution in [3.05, 3.63) is 29.8 Å². The van der Waals surface area contributed by atoms with Crippen LogP contribution >= 0.6 is 0 Å². The summed E-state index contributed by atoms with van der Waals surface area (Å²) >= 11 is 0. The van der Waals surface area contributed by atoms with Gasteiger partial charge in [-0.15, -0.1) is 0 Å². The quantitative estimate of drug-likeness (QED) is 0.738. The molecule has 0 bridgehead atoms. The largest absolute Gasteiger partial charge is 0.331 e. The topological polar surface area (TPSA) is 66.6 Å². The first-order valence-electron chi connectivity index (χ1n) is 5.00. The highest BCUT2D eigenvalue weighted by Crippen LogP contribution is 2.20. The van der Waals surface area contributed by atoms with Crippen molar-refractivity contribution in [2.24, 2.45) is 5.73 Å². The number of imide groups is 1. The molecule has 1 aromatic rings. The van der Waals surface area contributed by atoms with E-state index in [1.54, 1.807) is 12.1 Å². The van der Waals surface area contributed by atoms with E-state index >= 15 is 0 Å². The normalized spacial score (nSPS) is 16.1. The maximum absolute atomic E-state index is 11.7. The van der Waals surface area contributed by atoms with Crippen molar-refractivity contribution < 1.29 is 9.59 Å². The van der Waals surface area contributed by atoms with Gasteiger partial charge in [0, 0.05) is 19.3 Å². The monoisotopic (exact) mass is 219 g/mol. The summed E-state index contributed by atoms with van der Waals surface area (Å²) in [6.07, 6.45) is 0. The highest BCUT2D eigenvalue weighted by atomic mass is 16.2. The molecule has 16 heavy (non-hydrogen) atoms. The molecule has 1 heterocycles. The van der Waals surface area contributed by atoms with E-state index in [0.717, 1.165) is 16.2 Å². The fraction of sp³-hybridized carbons (Fsp3) is 0.273. The molecule has 1 aliphatic rings. The number of urea groups is 1. The van der Waals surface area contributed by atoms with Crippen LogP contribution in [0.25, 0.3) is 0 Å². The number of amides is 3. The number of nitrogens with zero attached hydrogens (tertiary/aromatic N) is 2.